The van der Waals surface area contributed by atoms with Gasteiger partial charge in [0.1, 0.15) is 11.5 Å². The van der Waals surface area contributed by atoms with E-state index in [4.69, 9.17) is 4.74 Å². The van der Waals surface area contributed by atoms with Gasteiger partial charge in [-0.05, 0) is 65.9 Å². The van der Waals surface area contributed by atoms with Gasteiger partial charge in [-0.2, -0.15) is 0 Å². The number of hydrogen-bond acceptors (Lipinski definition) is 9. The number of carboxylic acid groups (broad SMARTS) is 1. The second-order valence-corrected chi connectivity index (χ2v) is 11.3. The number of phenols is 1. The van der Waals surface area contributed by atoms with Gasteiger partial charge < -0.3 is 14.9 Å². The van der Waals surface area contributed by atoms with Gasteiger partial charge >= 0.3 is 35.5 Å². The number of aromatic nitrogens is 4. The van der Waals surface area contributed by atoms with Gasteiger partial charge in [-0.15, -0.1) is 28.6 Å². The standard InChI is InChI=1S/C27H34N4O5S2.Na.H/c1-4-6-22-23(12-11-21(18(3)32)26(22)35)36-13-5-14-37-20-9-7-19(8-10-20)27(17(2)15-25(33)34)38-16-24-28-30-31-29-24;;/h7-12,17,27,35H,4-6,13-16H2,1-3H3,(H,33,34)(H,28,29,30,31);;. The number of nitrogens with one attached hydrogen (secondary N) is 1. The number of phenolic OH excluding ortho intramolecular Hbond substituents is 1. The van der Waals surface area contributed by atoms with Crippen LogP contribution in [0.4, 0.5) is 0 Å². The molecule has 0 radical (unpaired) electrons. The van der Waals surface area contributed by atoms with Gasteiger partial charge in [0.15, 0.2) is 11.6 Å². The summed E-state index contributed by atoms with van der Waals surface area (Å²) in [6.45, 7) is 5.92. The fourth-order valence-corrected chi connectivity index (χ4v) is 6.15. The molecule has 0 saturated carbocycles. The van der Waals surface area contributed by atoms with Crippen LogP contribution in [0.15, 0.2) is 41.3 Å². The molecule has 0 saturated heterocycles. The molecule has 0 aliphatic rings. The van der Waals surface area contributed by atoms with E-state index in [0.29, 0.717) is 41.5 Å². The molecule has 12 heteroatoms. The number of aromatic hydroxyl groups is 1. The van der Waals surface area contributed by atoms with Crippen molar-refractivity contribution in [1.29, 1.82) is 0 Å². The summed E-state index contributed by atoms with van der Waals surface area (Å²) in [5, 5.41) is 33.6. The van der Waals surface area contributed by atoms with E-state index < -0.39 is 5.97 Å². The molecule has 3 aromatic rings. The zero-order valence-electron chi connectivity index (χ0n) is 21.8. The number of carboxylic acids is 1. The third-order valence-corrected chi connectivity index (χ3v) is 8.58. The van der Waals surface area contributed by atoms with Gasteiger partial charge in [0.05, 0.1) is 17.9 Å². The number of tetrazole rings is 1. The number of ketones is 1. The third kappa shape index (κ3) is 10.1. The Hall–Kier alpha value is -2.05. The molecule has 0 aliphatic carbocycles. The molecule has 3 rings (SSSR count). The van der Waals surface area contributed by atoms with Gasteiger partial charge in [0.2, 0.25) is 0 Å². The number of carbonyl (C=O) groups is 2. The van der Waals surface area contributed by atoms with Crippen LogP contribution in [0.5, 0.6) is 11.5 Å². The average Bonchev–Trinajstić information content (AvgIpc) is 3.40. The third-order valence-electron chi connectivity index (χ3n) is 5.94. The predicted octanol–water partition coefficient (Wildman–Crippen LogP) is 5.06. The number of nitrogens with zero attached hydrogens (tertiary/aromatic N) is 3. The Kier molecular flexibility index (Phi) is 14.4. The molecule has 9 nitrogen and oxygen atoms in total. The molecule has 0 bridgehead atoms. The van der Waals surface area contributed by atoms with Crippen LogP contribution in [-0.2, 0) is 17.0 Å². The quantitative estimate of drug-likeness (QED) is 0.0909. The number of H-pyrrole nitrogens is 1. The van der Waals surface area contributed by atoms with Gasteiger partial charge in [0, 0.05) is 27.9 Å². The molecule has 0 fully saturated rings. The Labute approximate surface area is 259 Å². The molecule has 1 aromatic heterocycles. The summed E-state index contributed by atoms with van der Waals surface area (Å²) in [5.41, 5.74) is 2.08. The second kappa shape index (κ2) is 16.9. The molecule has 2 aromatic carbocycles. The second-order valence-electron chi connectivity index (χ2n) is 9.02. The fourth-order valence-electron chi connectivity index (χ4n) is 4.09. The molecule has 1 heterocycles. The number of Topliss-reactive ketones (excluding diaryl/α,β-unsaturated/α-hetero) is 1. The Morgan fingerprint density at radius 3 is 2.51 bits per heavy atom. The van der Waals surface area contributed by atoms with Crippen molar-refractivity contribution >= 4 is 64.8 Å². The van der Waals surface area contributed by atoms with E-state index in [-0.39, 0.29) is 58.7 Å². The summed E-state index contributed by atoms with van der Waals surface area (Å²) >= 11 is 3.35. The first kappa shape index (κ1) is 33.2. The SMILES string of the molecule is CCCc1c(OCCCSc2ccc(C(SCc3nnn[nH]3)C(C)CC(=O)O)cc2)ccc(C(C)=O)c1O.[NaH]. The molecule has 0 spiro atoms. The van der Waals surface area contributed by atoms with E-state index in [1.807, 2.05) is 13.8 Å². The maximum atomic E-state index is 11.7. The first-order valence-corrected chi connectivity index (χ1v) is 14.6. The molecule has 0 amide bonds. The predicted molar refractivity (Wildman–Crippen MR) is 156 cm³/mol. The first-order chi connectivity index (χ1) is 18.3. The van der Waals surface area contributed by atoms with Crippen molar-refractivity contribution in [1.82, 2.24) is 20.6 Å². The minimum absolute atomic E-state index is 0. The normalized spacial score (nSPS) is 12.4. The Bertz CT molecular complexity index is 1200. The van der Waals surface area contributed by atoms with Gasteiger partial charge in [-0.3, -0.25) is 9.59 Å². The molecule has 0 aliphatic heterocycles. The zero-order chi connectivity index (χ0) is 27.5. The summed E-state index contributed by atoms with van der Waals surface area (Å²) in [7, 11) is 0. The zero-order valence-corrected chi connectivity index (χ0v) is 23.5. The van der Waals surface area contributed by atoms with Crippen LogP contribution < -0.4 is 4.74 Å². The number of benzene rings is 2. The summed E-state index contributed by atoms with van der Waals surface area (Å²) in [5.74, 6) is 1.68. The van der Waals surface area contributed by atoms with E-state index in [2.05, 4.69) is 44.9 Å². The summed E-state index contributed by atoms with van der Waals surface area (Å²) in [6, 6.07) is 11.6. The number of thioether (sulfide) groups is 2. The van der Waals surface area contributed by atoms with Crippen molar-refractivity contribution in [2.75, 3.05) is 12.4 Å². The van der Waals surface area contributed by atoms with E-state index in [1.54, 1.807) is 35.7 Å². The number of rotatable bonds is 16. The molecule has 3 N–H and O–H groups in total. The van der Waals surface area contributed by atoms with E-state index >= 15 is 0 Å². The number of ether oxygens (including phenoxy) is 1. The van der Waals surface area contributed by atoms with Crippen molar-refractivity contribution in [3.8, 4) is 11.5 Å². The Morgan fingerprint density at radius 2 is 1.90 bits per heavy atom. The van der Waals surface area contributed by atoms with Crippen molar-refractivity contribution in [2.45, 2.75) is 62.4 Å². The summed E-state index contributed by atoms with van der Waals surface area (Å²) in [6.07, 6.45) is 2.37. The summed E-state index contributed by atoms with van der Waals surface area (Å²) < 4.78 is 5.96. The molecule has 206 valence electrons. The van der Waals surface area contributed by atoms with Gasteiger partial charge in [-0.25, -0.2) is 5.10 Å². The van der Waals surface area contributed by atoms with Crippen molar-refractivity contribution in [3.05, 3.63) is 58.9 Å². The fraction of sp³-hybridized carbons (Fsp3) is 0.444. The van der Waals surface area contributed by atoms with Gasteiger partial charge in [-0.1, -0.05) is 32.4 Å². The number of hydrogen-bond donors (Lipinski definition) is 3. The first-order valence-electron chi connectivity index (χ1n) is 12.6. The topological polar surface area (TPSA) is 138 Å². The van der Waals surface area contributed by atoms with Crippen LogP contribution in [0.3, 0.4) is 0 Å². The number of aliphatic carboxylic acids is 1. The minimum atomic E-state index is -0.814. The van der Waals surface area contributed by atoms with Crippen LogP contribution in [0, 0.1) is 5.92 Å². The number of carbonyl (C=O) groups excluding carboxylic acids is 1. The van der Waals surface area contributed by atoms with Crippen molar-refractivity contribution in [3.63, 3.8) is 0 Å². The molecular formula is C27H35N4NaO5S2. The maximum absolute atomic E-state index is 11.7. The van der Waals surface area contributed by atoms with Crippen LogP contribution >= 0.6 is 23.5 Å². The van der Waals surface area contributed by atoms with Gasteiger partial charge in [0.25, 0.3) is 0 Å². The van der Waals surface area contributed by atoms with Crippen molar-refractivity contribution in [2.24, 2.45) is 5.92 Å². The van der Waals surface area contributed by atoms with Crippen LogP contribution in [0.2, 0.25) is 0 Å². The van der Waals surface area contributed by atoms with Crippen molar-refractivity contribution < 1.29 is 24.5 Å². The van der Waals surface area contributed by atoms with E-state index in [0.717, 1.165) is 29.1 Å². The average molecular weight is 583 g/mol. The molecule has 39 heavy (non-hydrogen) atoms. The van der Waals surface area contributed by atoms with Crippen LogP contribution in [-0.4, -0.2) is 84.5 Å². The van der Waals surface area contributed by atoms with E-state index in [1.165, 1.54) is 6.92 Å². The van der Waals surface area contributed by atoms with Crippen LogP contribution in [0.25, 0.3) is 0 Å². The monoisotopic (exact) mass is 582 g/mol. The number of aromatic amines is 1. The summed E-state index contributed by atoms with van der Waals surface area (Å²) in [4.78, 5) is 24.2. The van der Waals surface area contributed by atoms with E-state index in [9.17, 15) is 19.8 Å². The molecule has 2 atom stereocenters. The molecular weight excluding hydrogens is 547 g/mol. The molecule has 2 unspecified atom stereocenters. The Balaban J connectivity index is 0.00000533. The Morgan fingerprint density at radius 1 is 1.15 bits per heavy atom. The van der Waals surface area contributed by atoms with Crippen LogP contribution in [0.1, 0.15) is 72.6 Å².